The SMILES string of the molecule is Cc1cc(=O)n(CCNC(=O)Cc2cn3ccsc3n2)cn1. The second-order valence-electron chi connectivity index (χ2n) is 4.91. The Morgan fingerprint density at radius 1 is 1.45 bits per heavy atom. The Bertz CT molecular complexity index is 835. The molecule has 0 saturated carbocycles. The highest BCUT2D eigenvalue weighted by Crippen LogP contribution is 2.11. The van der Waals surface area contributed by atoms with Crippen molar-refractivity contribution in [2.24, 2.45) is 0 Å². The molecule has 0 spiro atoms. The molecule has 8 heteroatoms. The minimum atomic E-state index is -0.115. The maximum absolute atomic E-state index is 11.9. The van der Waals surface area contributed by atoms with Gasteiger partial charge in [0.25, 0.3) is 5.56 Å². The van der Waals surface area contributed by atoms with E-state index >= 15 is 0 Å². The van der Waals surface area contributed by atoms with E-state index in [1.807, 2.05) is 22.2 Å². The van der Waals surface area contributed by atoms with Crippen LogP contribution in [0.5, 0.6) is 0 Å². The molecule has 3 heterocycles. The largest absolute Gasteiger partial charge is 0.354 e. The molecular formula is C14H15N5O2S. The van der Waals surface area contributed by atoms with Crippen molar-refractivity contribution >= 4 is 22.2 Å². The number of carbonyl (C=O) groups excluding carboxylic acids is 1. The summed E-state index contributed by atoms with van der Waals surface area (Å²) in [7, 11) is 0. The Kier molecular flexibility index (Phi) is 4.01. The minimum absolute atomic E-state index is 0.112. The summed E-state index contributed by atoms with van der Waals surface area (Å²) in [4.78, 5) is 32.9. The Morgan fingerprint density at radius 2 is 2.32 bits per heavy atom. The number of fused-ring (bicyclic) bond motifs is 1. The molecule has 0 saturated heterocycles. The van der Waals surface area contributed by atoms with Gasteiger partial charge in [-0.3, -0.25) is 18.6 Å². The van der Waals surface area contributed by atoms with Crippen LogP contribution in [0.25, 0.3) is 4.96 Å². The number of aromatic nitrogens is 4. The highest BCUT2D eigenvalue weighted by atomic mass is 32.1. The first kappa shape index (κ1) is 14.5. The molecule has 0 fully saturated rings. The maximum Gasteiger partial charge on any atom is 0.253 e. The Labute approximate surface area is 130 Å². The van der Waals surface area contributed by atoms with Crippen LogP contribution in [0.15, 0.2) is 35.0 Å². The van der Waals surface area contributed by atoms with Crippen LogP contribution in [0.4, 0.5) is 0 Å². The summed E-state index contributed by atoms with van der Waals surface area (Å²) in [5, 5.41) is 4.73. The normalized spacial score (nSPS) is 11.0. The standard InChI is InChI=1S/C14H15N5O2S/c1-10-6-13(21)19(9-16-10)3-2-15-12(20)7-11-8-18-4-5-22-14(18)17-11/h4-6,8-9H,2-3,7H2,1H3,(H,15,20). The maximum atomic E-state index is 11.9. The third kappa shape index (κ3) is 3.22. The lowest BCUT2D eigenvalue weighted by Crippen LogP contribution is -2.31. The number of rotatable bonds is 5. The Balaban J connectivity index is 1.52. The summed E-state index contributed by atoms with van der Waals surface area (Å²) in [6, 6.07) is 1.47. The van der Waals surface area contributed by atoms with Gasteiger partial charge in [0, 0.05) is 42.6 Å². The molecule has 0 bridgehead atoms. The van der Waals surface area contributed by atoms with Crippen molar-refractivity contribution in [1.82, 2.24) is 24.3 Å². The zero-order valence-electron chi connectivity index (χ0n) is 12.0. The molecular weight excluding hydrogens is 302 g/mol. The van der Waals surface area contributed by atoms with Gasteiger partial charge >= 0.3 is 0 Å². The molecule has 114 valence electrons. The quantitative estimate of drug-likeness (QED) is 0.748. The van der Waals surface area contributed by atoms with Crippen molar-refractivity contribution in [2.75, 3.05) is 6.54 Å². The van der Waals surface area contributed by atoms with Crippen molar-refractivity contribution in [1.29, 1.82) is 0 Å². The Hall–Kier alpha value is -2.48. The predicted octanol–water partition coefficient (Wildman–Crippen LogP) is 0.620. The molecule has 1 N–H and O–H groups in total. The van der Waals surface area contributed by atoms with Crippen molar-refractivity contribution in [3.05, 3.63) is 51.9 Å². The summed E-state index contributed by atoms with van der Waals surface area (Å²) >= 11 is 1.53. The van der Waals surface area contributed by atoms with Gasteiger partial charge in [-0.1, -0.05) is 0 Å². The van der Waals surface area contributed by atoms with Gasteiger partial charge in [0.05, 0.1) is 18.4 Å². The van der Waals surface area contributed by atoms with E-state index in [1.165, 1.54) is 28.3 Å². The third-order valence-electron chi connectivity index (χ3n) is 3.18. The molecule has 3 aromatic rings. The first-order chi connectivity index (χ1) is 10.6. The molecule has 0 atom stereocenters. The van der Waals surface area contributed by atoms with Gasteiger partial charge in [-0.05, 0) is 6.92 Å². The van der Waals surface area contributed by atoms with Gasteiger partial charge in [-0.2, -0.15) is 0 Å². The lowest BCUT2D eigenvalue weighted by molar-refractivity contribution is -0.120. The molecule has 0 unspecified atom stereocenters. The fourth-order valence-corrected chi connectivity index (χ4v) is 2.81. The first-order valence-corrected chi connectivity index (χ1v) is 7.70. The highest BCUT2D eigenvalue weighted by Gasteiger charge is 2.08. The highest BCUT2D eigenvalue weighted by molar-refractivity contribution is 7.15. The van der Waals surface area contributed by atoms with Gasteiger partial charge in [-0.25, -0.2) is 9.97 Å². The molecule has 3 rings (SSSR count). The lowest BCUT2D eigenvalue weighted by Gasteiger charge is -2.06. The zero-order valence-corrected chi connectivity index (χ0v) is 12.8. The number of thiazole rings is 1. The van der Waals surface area contributed by atoms with E-state index in [0.29, 0.717) is 18.8 Å². The number of carbonyl (C=O) groups is 1. The smallest absolute Gasteiger partial charge is 0.253 e. The fraction of sp³-hybridized carbons (Fsp3) is 0.286. The number of imidazole rings is 1. The van der Waals surface area contributed by atoms with E-state index in [2.05, 4.69) is 15.3 Å². The van der Waals surface area contributed by atoms with Crippen LogP contribution in [0.3, 0.4) is 0 Å². The number of hydrogen-bond donors (Lipinski definition) is 1. The van der Waals surface area contributed by atoms with E-state index in [4.69, 9.17) is 0 Å². The fourth-order valence-electron chi connectivity index (χ4n) is 2.09. The molecule has 0 aromatic carbocycles. The minimum Gasteiger partial charge on any atom is -0.354 e. The number of amides is 1. The molecule has 7 nitrogen and oxygen atoms in total. The van der Waals surface area contributed by atoms with Crippen molar-refractivity contribution in [3.8, 4) is 0 Å². The van der Waals surface area contributed by atoms with Gasteiger partial charge in [0.1, 0.15) is 0 Å². The second-order valence-corrected chi connectivity index (χ2v) is 5.79. The summed E-state index contributed by atoms with van der Waals surface area (Å²) in [6.07, 6.45) is 5.48. The van der Waals surface area contributed by atoms with E-state index in [0.717, 1.165) is 10.7 Å². The van der Waals surface area contributed by atoms with E-state index < -0.39 is 0 Å². The predicted molar refractivity (Wildman–Crippen MR) is 83.0 cm³/mol. The van der Waals surface area contributed by atoms with Gasteiger partial charge in [0.15, 0.2) is 4.96 Å². The lowest BCUT2D eigenvalue weighted by atomic mass is 10.3. The van der Waals surface area contributed by atoms with Gasteiger partial charge < -0.3 is 5.32 Å². The summed E-state index contributed by atoms with van der Waals surface area (Å²) < 4.78 is 3.37. The number of hydrogen-bond acceptors (Lipinski definition) is 5. The van der Waals surface area contributed by atoms with E-state index in [9.17, 15) is 9.59 Å². The summed E-state index contributed by atoms with van der Waals surface area (Å²) in [5.74, 6) is -0.112. The topological polar surface area (TPSA) is 81.3 Å². The molecule has 0 aliphatic carbocycles. The zero-order chi connectivity index (χ0) is 15.5. The third-order valence-corrected chi connectivity index (χ3v) is 3.95. The van der Waals surface area contributed by atoms with Crippen LogP contribution in [-0.4, -0.2) is 31.4 Å². The van der Waals surface area contributed by atoms with Crippen molar-refractivity contribution in [2.45, 2.75) is 19.9 Å². The van der Waals surface area contributed by atoms with Gasteiger partial charge in [0.2, 0.25) is 5.91 Å². The van der Waals surface area contributed by atoms with E-state index in [-0.39, 0.29) is 17.9 Å². The van der Waals surface area contributed by atoms with Crippen LogP contribution in [0.1, 0.15) is 11.4 Å². The summed E-state index contributed by atoms with van der Waals surface area (Å²) in [6.45, 7) is 2.55. The first-order valence-electron chi connectivity index (χ1n) is 6.83. The number of nitrogens with one attached hydrogen (secondary N) is 1. The van der Waals surface area contributed by atoms with Crippen molar-refractivity contribution in [3.63, 3.8) is 0 Å². The molecule has 0 aliphatic rings. The van der Waals surface area contributed by atoms with Crippen LogP contribution >= 0.6 is 11.3 Å². The second kappa shape index (κ2) is 6.10. The average Bonchev–Trinajstić information content (AvgIpc) is 3.02. The van der Waals surface area contributed by atoms with E-state index in [1.54, 1.807) is 6.92 Å². The number of nitrogens with zero attached hydrogens (tertiary/aromatic N) is 4. The van der Waals surface area contributed by atoms with Crippen LogP contribution in [0.2, 0.25) is 0 Å². The monoisotopic (exact) mass is 317 g/mol. The molecule has 0 aliphatic heterocycles. The van der Waals surface area contributed by atoms with Crippen molar-refractivity contribution < 1.29 is 4.79 Å². The number of aryl methyl sites for hydroxylation is 1. The molecule has 0 radical (unpaired) electrons. The Morgan fingerprint density at radius 3 is 3.09 bits per heavy atom. The summed E-state index contributed by atoms with van der Waals surface area (Å²) in [5.41, 5.74) is 1.31. The van der Waals surface area contributed by atoms with Gasteiger partial charge in [-0.15, -0.1) is 11.3 Å². The molecule has 3 aromatic heterocycles. The van der Waals surface area contributed by atoms with Crippen LogP contribution in [-0.2, 0) is 17.8 Å². The average molecular weight is 317 g/mol. The molecule has 22 heavy (non-hydrogen) atoms. The molecule has 1 amide bonds. The van der Waals surface area contributed by atoms with Crippen LogP contribution in [0, 0.1) is 6.92 Å². The van der Waals surface area contributed by atoms with Crippen LogP contribution < -0.4 is 10.9 Å².